The number of pyridine rings is 1. The number of carbonyl (C=O) groups excluding carboxylic acids is 1. The second-order valence-electron chi connectivity index (χ2n) is 6.23. The number of aromatic nitrogens is 3. The monoisotopic (exact) mass is 363 g/mol. The molecular formula is C19H17N5O3. The van der Waals surface area contributed by atoms with E-state index in [4.69, 9.17) is 0 Å². The van der Waals surface area contributed by atoms with Crippen LogP contribution in [-0.4, -0.2) is 62.5 Å². The number of rotatable bonds is 3. The number of piperazine rings is 1. The number of anilines is 1. The molecule has 2 aromatic heterocycles. The number of nitrogens with zero attached hydrogens (tertiary/aromatic N) is 5. The molecule has 136 valence electrons. The normalized spacial score (nSPS) is 17.1. The van der Waals surface area contributed by atoms with E-state index < -0.39 is 12.0 Å². The van der Waals surface area contributed by atoms with Crippen molar-refractivity contribution in [3.63, 3.8) is 0 Å². The number of benzene rings is 1. The first-order chi connectivity index (χ1) is 13.1. The van der Waals surface area contributed by atoms with E-state index in [0.717, 1.165) is 5.39 Å². The van der Waals surface area contributed by atoms with E-state index in [1.54, 1.807) is 29.6 Å². The number of hydrogen-bond acceptors (Lipinski definition) is 6. The Bertz CT molecular complexity index is 990. The van der Waals surface area contributed by atoms with Gasteiger partial charge in [-0.1, -0.05) is 24.3 Å². The molecule has 0 aliphatic carbocycles. The van der Waals surface area contributed by atoms with Gasteiger partial charge in [-0.05, 0) is 17.5 Å². The van der Waals surface area contributed by atoms with Crippen LogP contribution in [0, 0.1) is 0 Å². The van der Waals surface area contributed by atoms with Crippen LogP contribution in [0.2, 0.25) is 0 Å². The zero-order valence-electron chi connectivity index (χ0n) is 14.4. The standard InChI is InChI=1S/C19H17N5O3/c25-17(16-14-5-2-1-4-13(14)6-9-20-16)24-11-10-23(12-15(24)18(26)27)19-21-7-3-8-22-19/h1-9,15H,10-12H2,(H,26,27)/t15-/m1/s1. The molecule has 27 heavy (non-hydrogen) atoms. The van der Waals surface area contributed by atoms with Crippen LogP contribution in [0.25, 0.3) is 10.8 Å². The van der Waals surface area contributed by atoms with Gasteiger partial charge in [0.25, 0.3) is 5.91 Å². The molecule has 0 spiro atoms. The number of carbonyl (C=O) groups is 2. The lowest BCUT2D eigenvalue weighted by molar-refractivity contribution is -0.142. The van der Waals surface area contributed by atoms with Crippen LogP contribution in [0.1, 0.15) is 10.5 Å². The third-order valence-electron chi connectivity index (χ3n) is 4.64. The van der Waals surface area contributed by atoms with Crippen molar-refractivity contribution in [3.05, 3.63) is 60.7 Å². The predicted molar refractivity (Wildman–Crippen MR) is 98.4 cm³/mol. The van der Waals surface area contributed by atoms with Crippen molar-refractivity contribution in [2.45, 2.75) is 6.04 Å². The summed E-state index contributed by atoms with van der Waals surface area (Å²) in [6, 6.07) is 9.95. The van der Waals surface area contributed by atoms with Gasteiger partial charge in [-0.3, -0.25) is 9.78 Å². The first kappa shape index (κ1) is 16.9. The molecule has 1 aliphatic rings. The van der Waals surface area contributed by atoms with E-state index in [2.05, 4.69) is 15.0 Å². The Morgan fingerprint density at radius 1 is 0.963 bits per heavy atom. The summed E-state index contributed by atoms with van der Waals surface area (Å²) in [5.41, 5.74) is 0.267. The fourth-order valence-electron chi connectivity index (χ4n) is 3.30. The van der Waals surface area contributed by atoms with Crippen LogP contribution in [0.5, 0.6) is 0 Å². The van der Waals surface area contributed by atoms with Crippen molar-refractivity contribution in [1.82, 2.24) is 19.9 Å². The van der Waals surface area contributed by atoms with E-state index in [1.807, 2.05) is 30.3 Å². The molecule has 0 saturated carbocycles. The molecule has 1 aromatic carbocycles. The van der Waals surface area contributed by atoms with Crippen LogP contribution in [0.4, 0.5) is 5.95 Å². The number of carboxylic acid groups (broad SMARTS) is 1. The number of aliphatic carboxylic acids is 1. The third-order valence-corrected chi connectivity index (χ3v) is 4.64. The molecule has 0 unspecified atom stereocenters. The lowest BCUT2D eigenvalue weighted by Crippen LogP contribution is -2.58. The van der Waals surface area contributed by atoms with Crippen LogP contribution in [0.3, 0.4) is 0 Å². The molecule has 1 amide bonds. The Balaban J connectivity index is 1.64. The van der Waals surface area contributed by atoms with Crippen molar-refractivity contribution < 1.29 is 14.7 Å². The summed E-state index contributed by atoms with van der Waals surface area (Å²) in [5, 5.41) is 11.3. The molecule has 1 aliphatic heterocycles. The van der Waals surface area contributed by atoms with Gasteiger partial charge < -0.3 is 14.9 Å². The first-order valence-corrected chi connectivity index (χ1v) is 8.54. The summed E-state index contributed by atoms with van der Waals surface area (Å²) in [5.74, 6) is -0.990. The maximum absolute atomic E-state index is 13.1. The zero-order chi connectivity index (χ0) is 18.8. The fourth-order valence-corrected chi connectivity index (χ4v) is 3.30. The van der Waals surface area contributed by atoms with Gasteiger partial charge in [0.05, 0.1) is 6.54 Å². The summed E-state index contributed by atoms with van der Waals surface area (Å²) in [4.78, 5) is 40.7. The quantitative estimate of drug-likeness (QED) is 0.751. The molecule has 3 aromatic rings. The van der Waals surface area contributed by atoms with Crippen molar-refractivity contribution >= 4 is 28.6 Å². The smallest absolute Gasteiger partial charge is 0.328 e. The Labute approximate surface area is 155 Å². The Morgan fingerprint density at radius 3 is 2.52 bits per heavy atom. The molecule has 1 N–H and O–H groups in total. The lowest BCUT2D eigenvalue weighted by Gasteiger charge is -2.39. The minimum atomic E-state index is -1.07. The summed E-state index contributed by atoms with van der Waals surface area (Å²) < 4.78 is 0. The number of hydrogen-bond donors (Lipinski definition) is 1. The molecule has 1 saturated heterocycles. The predicted octanol–water partition coefficient (Wildman–Crippen LogP) is 1.44. The highest BCUT2D eigenvalue weighted by molar-refractivity contribution is 6.06. The van der Waals surface area contributed by atoms with Gasteiger partial charge >= 0.3 is 5.97 Å². The van der Waals surface area contributed by atoms with E-state index in [9.17, 15) is 14.7 Å². The lowest BCUT2D eigenvalue weighted by atomic mass is 10.1. The Kier molecular flexibility index (Phi) is 4.37. The van der Waals surface area contributed by atoms with Crippen molar-refractivity contribution in [2.24, 2.45) is 0 Å². The van der Waals surface area contributed by atoms with E-state index in [0.29, 0.717) is 17.9 Å². The van der Waals surface area contributed by atoms with E-state index >= 15 is 0 Å². The fraction of sp³-hybridized carbons (Fsp3) is 0.211. The SMILES string of the molecule is O=C(O)[C@H]1CN(c2ncccn2)CCN1C(=O)c1nccc2ccccc12. The van der Waals surface area contributed by atoms with Crippen LogP contribution < -0.4 is 4.90 Å². The summed E-state index contributed by atoms with van der Waals surface area (Å²) in [6.07, 6.45) is 4.78. The highest BCUT2D eigenvalue weighted by Crippen LogP contribution is 2.21. The van der Waals surface area contributed by atoms with Gasteiger partial charge in [-0.15, -0.1) is 0 Å². The van der Waals surface area contributed by atoms with Crippen molar-refractivity contribution in [1.29, 1.82) is 0 Å². The summed E-state index contributed by atoms with van der Waals surface area (Å²) in [7, 11) is 0. The molecule has 8 nitrogen and oxygen atoms in total. The number of amides is 1. The van der Waals surface area contributed by atoms with Crippen LogP contribution in [0.15, 0.2) is 55.0 Å². The van der Waals surface area contributed by atoms with Crippen LogP contribution >= 0.6 is 0 Å². The highest BCUT2D eigenvalue weighted by atomic mass is 16.4. The number of fused-ring (bicyclic) bond motifs is 1. The van der Waals surface area contributed by atoms with E-state index in [1.165, 1.54) is 4.90 Å². The second-order valence-corrected chi connectivity index (χ2v) is 6.23. The largest absolute Gasteiger partial charge is 0.480 e. The van der Waals surface area contributed by atoms with Gasteiger partial charge in [0.2, 0.25) is 5.95 Å². The molecular weight excluding hydrogens is 346 g/mol. The zero-order valence-corrected chi connectivity index (χ0v) is 14.4. The molecule has 3 heterocycles. The second kappa shape index (κ2) is 6.99. The Morgan fingerprint density at radius 2 is 1.74 bits per heavy atom. The average Bonchev–Trinajstić information content (AvgIpc) is 2.73. The molecule has 8 heteroatoms. The minimum absolute atomic E-state index is 0.121. The van der Waals surface area contributed by atoms with Crippen molar-refractivity contribution in [2.75, 3.05) is 24.5 Å². The van der Waals surface area contributed by atoms with Gasteiger partial charge in [0, 0.05) is 37.1 Å². The number of carboxylic acids is 1. The molecule has 0 bridgehead atoms. The van der Waals surface area contributed by atoms with Gasteiger partial charge in [-0.25, -0.2) is 14.8 Å². The maximum Gasteiger partial charge on any atom is 0.328 e. The van der Waals surface area contributed by atoms with Gasteiger partial charge in [0.1, 0.15) is 11.7 Å². The minimum Gasteiger partial charge on any atom is -0.480 e. The first-order valence-electron chi connectivity index (χ1n) is 8.54. The topological polar surface area (TPSA) is 99.5 Å². The van der Waals surface area contributed by atoms with Gasteiger partial charge in [-0.2, -0.15) is 0 Å². The van der Waals surface area contributed by atoms with Gasteiger partial charge in [0.15, 0.2) is 0 Å². The van der Waals surface area contributed by atoms with Crippen molar-refractivity contribution in [3.8, 4) is 0 Å². The summed E-state index contributed by atoms with van der Waals surface area (Å²) >= 11 is 0. The molecule has 1 fully saturated rings. The highest BCUT2D eigenvalue weighted by Gasteiger charge is 2.37. The third kappa shape index (κ3) is 3.17. The molecule has 4 rings (SSSR count). The van der Waals surface area contributed by atoms with Crippen LogP contribution in [-0.2, 0) is 4.79 Å². The Hall–Kier alpha value is -3.55. The summed E-state index contributed by atoms with van der Waals surface area (Å²) in [6.45, 7) is 0.819. The molecule has 0 radical (unpaired) electrons. The van der Waals surface area contributed by atoms with E-state index in [-0.39, 0.29) is 24.7 Å². The average molecular weight is 363 g/mol. The maximum atomic E-state index is 13.1. The molecule has 1 atom stereocenters.